The number of aliphatic hydroxyl groups is 10. The Morgan fingerprint density at radius 1 is 0.516 bits per heavy atom. The van der Waals surface area contributed by atoms with E-state index in [9.17, 15) is 110 Å². The molecule has 0 bridgehead atoms. The number of primary amides is 3. The van der Waals surface area contributed by atoms with Crippen molar-refractivity contribution in [2.45, 2.75) is 120 Å². The van der Waals surface area contributed by atoms with E-state index in [4.69, 9.17) is 28.8 Å². The van der Waals surface area contributed by atoms with Crippen LogP contribution < -0.4 is 22.5 Å². The number of piperazine rings is 1. The van der Waals surface area contributed by atoms with Crippen LogP contribution in [0, 0.1) is 35.5 Å². The standard InChI is InChI=1S/C33H38N4O7.C33H39N3O7.C24H25ClN2O8/c1-35(2)27-22-15-19-14-21-20(18-6-4-17(5-7-18)16-37-12-10-36(3)11-13-37)8-9-23(38)25(21)28(39)24(19)30(41)33(22,44)31(42)26(29(27)40)32(34)43;1-6-17-8-7-16(14-35-15(2)3)11-20(17)19-9-10-23(37)25-21(19)12-18-13-22-27(36(4)5)29(39)26(32(34)42)31(41)33(22,43)30(40)24(18)28(25)38;1-27(2)18-13-7-10-6-12-9(5-11(25)8-28)3-4-14(29)16(12)19(30)15(10)21(32)24(13,35)22(33)17(20(18)31)23(26)34/h4-9,19,22,27,38-39,42,44H,10-16H2,1-3H3,(H2,34,43);7-11,15,18,22,27,35,37-38,41,43H,6,12-14H2,1-5H3,(H2,34,42);3-5,10,13,18,28-30,33,35H,6-8H2,1-2H3,(H2,26,34)/b;;11-5-/t19-,22-,27-,33-;18-,22-,27-,33-;10-,13-,18-,24-/m000/s1. The third-order valence-corrected chi connectivity index (χ3v) is 26.4. The maximum atomic E-state index is 14.1. The third kappa shape index (κ3) is 14.5. The van der Waals surface area contributed by atoms with Crippen LogP contribution in [-0.2, 0) is 81.9 Å². The number of phenols is 3. The van der Waals surface area contributed by atoms with Gasteiger partial charge in [-0.05, 0) is 204 Å². The number of phenolic OH excluding ortho intramolecular Hbond substituents is 3. The molecule has 0 spiro atoms. The number of nitrogens with two attached hydrogens (primary N) is 3. The van der Waals surface area contributed by atoms with Crippen LogP contribution in [0.5, 0.6) is 17.2 Å². The van der Waals surface area contributed by atoms with Crippen molar-refractivity contribution in [2.75, 3.05) is 82.1 Å². The Labute approximate surface area is 707 Å². The van der Waals surface area contributed by atoms with Crippen molar-refractivity contribution >= 4 is 87.4 Å². The summed E-state index contributed by atoms with van der Waals surface area (Å²) < 4.78 is 0. The van der Waals surface area contributed by atoms with Gasteiger partial charge in [-0.3, -0.25) is 62.8 Å². The number of aliphatic hydroxyl groups excluding tert-OH is 7. The van der Waals surface area contributed by atoms with Gasteiger partial charge in [0, 0.05) is 84.8 Å². The van der Waals surface area contributed by atoms with Crippen LogP contribution in [-0.4, -0.2) is 266 Å². The van der Waals surface area contributed by atoms with Crippen LogP contribution in [0.25, 0.3) is 45.6 Å². The zero-order chi connectivity index (χ0) is 89.2. The highest BCUT2D eigenvalue weighted by atomic mass is 35.5. The van der Waals surface area contributed by atoms with Crippen molar-refractivity contribution in [3.05, 3.63) is 190 Å². The van der Waals surface area contributed by atoms with Crippen molar-refractivity contribution in [1.82, 2.24) is 29.8 Å². The van der Waals surface area contributed by atoms with Crippen molar-refractivity contribution in [3.8, 4) is 39.5 Å². The van der Waals surface area contributed by atoms with Gasteiger partial charge in [0.15, 0.2) is 34.2 Å². The summed E-state index contributed by atoms with van der Waals surface area (Å²) in [5.74, 6) is -20.3. The van der Waals surface area contributed by atoms with E-state index in [1.54, 1.807) is 40.3 Å². The summed E-state index contributed by atoms with van der Waals surface area (Å²) in [5.41, 5.74) is 14.1. The molecule has 3 saturated carbocycles. The summed E-state index contributed by atoms with van der Waals surface area (Å²) >= 11 is 5.99. The number of benzene rings is 5. The number of Topliss-reactive ketones (excluding diaryl/α,β-unsaturated/α-hetero) is 6. The molecule has 20 N–H and O–H groups in total. The smallest absolute Gasteiger partial charge is 0.255 e. The lowest BCUT2D eigenvalue weighted by Crippen LogP contribution is -2.65. The highest BCUT2D eigenvalue weighted by molar-refractivity contribution is 6.32. The number of amides is 3. The average Bonchev–Trinajstić information content (AvgIpc) is 0.704. The van der Waals surface area contributed by atoms with E-state index in [2.05, 4.69) is 73.3 Å². The number of ketones is 6. The fourth-order valence-electron chi connectivity index (χ4n) is 20.3. The number of nitrogens with one attached hydrogen (secondary N) is 1. The van der Waals surface area contributed by atoms with E-state index < -0.39 is 181 Å². The van der Waals surface area contributed by atoms with E-state index in [1.165, 1.54) is 58.6 Å². The second-order valence-corrected chi connectivity index (χ2v) is 34.8. The molecule has 9 aliphatic carbocycles. The number of rotatable bonds is 16. The number of fused-ring (bicyclic) bond motifs is 9. The number of carbonyl (C=O) groups is 9. The Morgan fingerprint density at radius 2 is 0.885 bits per heavy atom. The van der Waals surface area contributed by atoms with Crippen LogP contribution in [0.2, 0.25) is 0 Å². The molecule has 1 aliphatic heterocycles. The summed E-state index contributed by atoms with van der Waals surface area (Å²) in [4.78, 5) is 127. The normalized spacial score (nSPS) is 27.2. The molecule has 5 aromatic rings. The number of hydrogen-bond donors (Lipinski definition) is 17. The monoisotopic (exact) mass is 1700 g/mol. The number of likely N-dealkylation sites (N-methyl/N-ethyl adjacent to an activating group) is 4. The molecule has 15 rings (SSSR count). The van der Waals surface area contributed by atoms with E-state index in [0.29, 0.717) is 34.8 Å². The van der Waals surface area contributed by atoms with Crippen molar-refractivity contribution in [2.24, 2.45) is 52.7 Å². The molecule has 3 amide bonds. The summed E-state index contributed by atoms with van der Waals surface area (Å²) in [7, 11) is 11.5. The van der Waals surface area contributed by atoms with Gasteiger partial charge < -0.3 is 93.8 Å². The summed E-state index contributed by atoms with van der Waals surface area (Å²) in [6.45, 7) is 11.3. The van der Waals surface area contributed by atoms with E-state index in [1.807, 2.05) is 18.2 Å². The number of carbonyl (C=O) groups excluding carboxylic acids is 9. The Kier molecular flexibility index (Phi) is 24.1. The SMILES string of the molecule is CCc1ccc(CNC(C)C)cc1-c1ccc(O)c2c1C[C@H]1C[C@H]3[C@H](N(C)C)C(=O)C(C(N)=O)=C(O)[C@@]3(O)C(=O)C1=C2O.CN(C)[C@@H]1C(=O)C(C(N)=O)=C(O)[C@@]2(O)C(=O)C3=C(O)c4c(O)ccc(/C=C(\Cl)CO)c4C[C@H]3C[C@@H]12.CN1CCN(Cc2ccc(-c3ccc(O)c4c3C[C@H]3C[C@H]5[C@H](N(C)C)C(=O)C(C(N)=O)=C(O)[C@@]5(O)C(=O)C3=C4O)cc2)CC1. The quantitative estimate of drug-likeness (QED) is 0.0600. The predicted octanol–water partition coefficient (Wildman–Crippen LogP) is 4.61. The van der Waals surface area contributed by atoms with Gasteiger partial charge in [-0.15, -0.1) is 0 Å². The highest BCUT2D eigenvalue weighted by Crippen LogP contribution is 2.58. The summed E-state index contributed by atoms with van der Waals surface area (Å²) in [6.07, 6.45) is 2.89. The van der Waals surface area contributed by atoms with Gasteiger partial charge >= 0.3 is 0 Å². The van der Waals surface area contributed by atoms with Gasteiger partial charge in [0.05, 0.1) is 41.4 Å². The molecule has 646 valence electrons. The first-order valence-electron chi connectivity index (χ1n) is 40.2. The molecule has 31 nitrogen and oxygen atoms in total. The first-order chi connectivity index (χ1) is 57.4. The van der Waals surface area contributed by atoms with Gasteiger partial charge in [0.1, 0.15) is 68.5 Å². The second kappa shape index (κ2) is 33.2. The van der Waals surface area contributed by atoms with Crippen LogP contribution >= 0.6 is 11.6 Å². The first-order valence-corrected chi connectivity index (χ1v) is 40.6. The molecule has 1 heterocycles. The third-order valence-electron chi connectivity index (χ3n) is 26.1. The maximum Gasteiger partial charge on any atom is 0.255 e. The molecule has 1 saturated heterocycles. The predicted molar refractivity (Wildman–Crippen MR) is 449 cm³/mol. The van der Waals surface area contributed by atoms with Crippen LogP contribution in [0.1, 0.15) is 95.7 Å². The zero-order valence-corrected chi connectivity index (χ0v) is 69.8. The molecule has 0 radical (unpaired) electrons. The molecular weight excluding hydrogens is 1590 g/mol. The summed E-state index contributed by atoms with van der Waals surface area (Å²) in [6, 6.07) is 20.6. The Morgan fingerprint density at radius 3 is 1.26 bits per heavy atom. The molecule has 122 heavy (non-hydrogen) atoms. The lowest BCUT2D eigenvalue weighted by Gasteiger charge is -2.50. The number of aryl methyl sites for hydroxylation is 1. The Hall–Kier alpha value is -11.2. The minimum atomic E-state index is -2.68. The molecule has 0 unspecified atom stereocenters. The number of nitrogens with zero attached hydrogens (tertiary/aromatic N) is 5. The molecule has 12 atom stereocenters. The highest BCUT2D eigenvalue weighted by Gasteiger charge is 2.68. The number of aromatic hydroxyl groups is 3. The Bertz CT molecular complexity index is 5550. The van der Waals surface area contributed by atoms with Gasteiger partial charge in [0.2, 0.25) is 17.3 Å². The van der Waals surface area contributed by atoms with Gasteiger partial charge in [-0.25, -0.2) is 0 Å². The topological polar surface area (TPSA) is 523 Å². The molecule has 5 aromatic carbocycles. The minimum absolute atomic E-state index is 0.0156. The second-order valence-electron chi connectivity index (χ2n) is 34.3. The number of hydrogen-bond acceptors (Lipinski definition) is 28. The molecule has 0 aromatic heterocycles. The van der Waals surface area contributed by atoms with E-state index in [-0.39, 0.29) is 94.2 Å². The molecule has 4 fully saturated rings. The molecular formula is C90H102ClN9O22. The van der Waals surface area contributed by atoms with Crippen LogP contribution in [0.3, 0.4) is 0 Å². The van der Waals surface area contributed by atoms with E-state index >= 15 is 0 Å². The fraction of sp³-hybridized carbons (Fsp3) is 0.411. The lowest BCUT2D eigenvalue weighted by atomic mass is 9.57. The number of halogens is 1. The molecule has 32 heteroatoms. The first kappa shape index (κ1) is 88.6. The van der Waals surface area contributed by atoms with Gasteiger partial charge in [-0.2, -0.15) is 0 Å². The van der Waals surface area contributed by atoms with E-state index in [0.717, 1.165) is 72.5 Å². The van der Waals surface area contributed by atoms with Gasteiger partial charge in [0.25, 0.3) is 17.7 Å². The lowest BCUT2D eigenvalue weighted by molar-refractivity contribution is -0.155. The zero-order valence-electron chi connectivity index (χ0n) is 69.1. The summed E-state index contributed by atoms with van der Waals surface area (Å²) in [5, 5.41) is 147. The maximum absolute atomic E-state index is 14.1. The van der Waals surface area contributed by atoms with Crippen LogP contribution in [0.15, 0.2) is 135 Å². The fourth-order valence-corrected chi connectivity index (χ4v) is 20.4. The molecule has 10 aliphatic rings. The van der Waals surface area contributed by atoms with Crippen molar-refractivity contribution in [1.29, 1.82) is 0 Å². The average molecular weight is 1700 g/mol. The van der Waals surface area contributed by atoms with Crippen LogP contribution in [0.4, 0.5) is 0 Å². The largest absolute Gasteiger partial charge is 0.508 e. The van der Waals surface area contributed by atoms with Gasteiger partial charge in [-0.1, -0.05) is 87.0 Å². The van der Waals surface area contributed by atoms with Crippen molar-refractivity contribution in [3.63, 3.8) is 0 Å². The van der Waals surface area contributed by atoms with Crippen molar-refractivity contribution < 1.29 is 110 Å². The minimum Gasteiger partial charge on any atom is -0.508 e. The Balaban J connectivity index is 0.000000159.